The summed E-state index contributed by atoms with van der Waals surface area (Å²) in [7, 11) is -4.64. The molecule has 102 valence electrons. The van der Waals surface area contributed by atoms with E-state index in [1.54, 1.807) is 0 Å². The fraction of sp³-hybridized carbons (Fsp3) is 0. The van der Waals surface area contributed by atoms with E-state index in [1.165, 1.54) is 12.2 Å². The normalized spacial score (nSPS) is 7.94. The molecule has 0 aliphatic rings. The van der Waals surface area contributed by atoms with Crippen LogP contribution >= 0.6 is 20.0 Å². The van der Waals surface area contributed by atoms with Crippen molar-refractivity contribution < 1.29 is 48.6 Å². The summed E-state index contributed by atoms with van der Waals surface area (Å²) in [5, 5.41) is 14.8. The summed E-state index contributed by atoms with van der Waals surface area (Å²) >= 11 is 0.456. The smallest absolute Gasteiger partial charge is 0.466 e. The van der Waals surface area contributed by atoms with E-state index >= 15 is 0 Å². The van der Waals surface area contributed by atoms with Gasteiger partial charge in [0.2, 0.25) is 12.2 Å². The first kappa shape index (κ1) is 21.4. The molecule has 0 saturated carbocycles. The Hall–Kier alpha value is -1.84. The van der Waals surface area contributed by atoms with Gasteiger partial charge in [-0.05, 0) is 0 Å². The highest BCUT2D eigenvalue weighted by Crippen LogP contribution is 2.25. The predicted octanol–water partition coefficient (Wildman–Crippen LogP) is -1.55. The number of carboxylic acids is 2. The lowest BCUT2D eigenvalue weighted by atomic mass is 10.7. The van der Waals surface area contributed by atoms with E-state index in [2.05, 4.69) is 8.80 Å². The van der Waals surface area contributed by atoms with Crippen LogP contribution in [0.4, 0.5) is 0 Å². The van der Waals surface area contributed by atoms with Crippen molar-refractivity contribution in [2.45, 2.75) is 0 Å². The Kier molecular flexibility index (Phi) is 15.8. The fourth-order valence-corrected chi connectivity index (χ4v) is 0.161. The molecule has 0 aromatic heterocycles. The quantitative estimate of drug-likeness (QED) is 0.129. The third-order valence-electron chi connectivity index (χ3n) is 0.339. The average molecular weight is 304 g/mol. The summed E-state index contributed by atoms with van der Waals surface area (Å²) in [6.07, 6.45) is 2.34. The van der Waals surface area contributed by atoms with Gasteiger partial charge in [0.05, 0.1) is 0 Å². The minimum atomic E-state index is -4.64. The fourth-order valence-electron chi connectivity index (χ4n) is 0.0537. The van der Waals surface area contributed by atoms with Gasteiger partial charge in [-0.25, -0.2) is 23.7 Å². The van der Waals surface area contributed by atoms with Gasteiger partial charge >= 0.3 is 19.8 Å². The zero-order valence-corrected chi connectivity index (χ0v) is 9.74. The van der Waals surface area contributed by atoms with Gasteiger partial charge in [0.15, 0.2) is 0 Å². The zero-order valence-electron chi connectivity index (χ0n) is 8.03. The molecule has 0 saturated heterocycles. The summed E-state index contributed by atoms with van der Waals surface area (Å²) in [4.78, 5) is 58.1. The molecule has 14 heteroatoms. The maximum Gasteiger partial charge on any atom is 0.466 e. The number of carboxylic acid groups (broad SMARTS) is 2. The highest BCUT2D eigenvalue weighted by atomic mass is 32.2. The first-order valence-corrected chi connectivity index (χ1v) is 5.40. The van der Waals surface area contributed by atoms with Gasteiger partial charge in [-0.3, -0.25) is 0 Å². The van der Waals surface area contributed by atoms with Gasteiger partial charge in [0.25, 0.3) is 0 Å². The van der Waals surface area contributed by atoms with Gasteiger partial charge in [-0.1, -0.05) is 0 Å². The van der Waals surface area contributed by atoms with Crippen molar-refractivity contribution in [3.05, 3.63) is 0 Å². The Morgan fingerprint density at radius 2 is 1.17 bits per heavy atom. The van der Waals surface area contributed by atoms with Gasteiger partial charge in [0, 0.05) is 0 Å². The molecule has 0 radical (unpaired) electrons. The van der Waals surface area contributed by atoms with Crippen molar-refractivity contribution in [2.75, 3.05) is 0 Å². The van der Waals surface area contributed by atoms with Crippen LogP contribution in [0.5, 0.6) is 0 Å². The molecule has 0 fully saturated rings. The molecule has 0 spiro atoms. The third kappa shape index (κ3) is 64.6. The largest absolute Gasteiger partial charge is 0.473 e. The standard InChI is InChI=1S/C2N2O2S.C2H2O4.H3O4P/c5-1-3-7-4-2-6;3-1(4)2(5)6;1-5(2,3)4/h;(H,3,4)(H,5,6);(H3,1,2,3,4). The first-order valence-electron chi connectivity index (χ1n) is 3.11. The van der Waals surface area contributed by atoms with Crippen LogP contribution in [0.1, 0.15) is 0 Å². The number of carbonyl (C=O) groups excluding carboxylic acids is 2. The Bertz CT molecular complexity index is 368. The lowest BCUT2D eigenvalue weighted by Gasteiger charge is -1.82. The second-order valence-corrected chi connectivity index (χ2v) is 3.13. The summed E-state index contributed by atoms with van der Waals surface area (Å²) < 4.78 is 14.6. The lowest BCUT2D eigenvalue weighted by Crippen LogP contribution is -2.09. The Balaban J connectivity index is -0.000000190. The van der Waals surface area contributed by atoms with Crippen molar-refractivity contribution in [3.63, 3.8) is 0 Å². The number of isocyanates is 2. The van der Waals surface area contributed by atoms with Crippen LogP contribution in [0, 0.1) is 0 Å². The van der Waals surface area contributed by atoms with E-state index in [1.807, 2.05) is 0 Å². The van der Waals surface area contributed by atoms with E-state index < -0.39 is 19.8 Å². The van der Waals surface area contributed by atoms with E-state index in [0.29, 0.717) is 12.1 Å². The number of carbonyl (C=O) groups is 2. The zero-order chi connectivity index (χ0) is 15.2. The van der Waals surface area contributed by atoms with Crippen LogP contribution in [0.3, 0.4) is 0 Å². The number of aliphatic carboxylic acids is 2. The van der Waals surface area contributed by atoms with Crippen LogP contribution in [-0.2, 0) is 23.7 Å². The van der Waals surface area contributed by atoms with Crippen LogP contribution in [0.2, 0.25) is 0 Å². The van der Waals surface area contributed by atoms with Crippen molar-refractivity contribution >= 4 is 44.1 Å². The van der Waals surface area contributed by atoms with Crippen LogP contribution < -0.4 is 0 Å². The maximum atomic E-state index is 9.18. The summed E-state index contributed by atoms with van der Waals surface area (Å²) in [5.41, 5.74) is 0. The molecule has 12 nitrogen and oxygen atoms in total. The van der Waals surface area contributed by atoms with Gasteiger partial charge in [-0.15, -0.1) is 8.80 Å². The third-order valence-corrected chi connectivity index (χ3v) is 0.652. The Morgan fingerprint density at radius 3 is 1.28 bits per heavy atom. The molecule has 0 rings (SSSR count). The Morgan fingerprint density at radius 1 is 0.944 bits per heavy atom. The monoisotopic (exact) mass is 304 g/mol. The molecule has 18 heavy (non-hydrogen) atoms. The molecule has 0 aromatic rings. The van der Waals surface area contributed by atoms with Crippen LogP contribution in [0.15, 0.2) is 8.80 Å². The molecule has 0 amide bonds. The highest BCUT2D eigenvalue weighted by Gasteiger charge is 2.04. The molecular formula is C4H5N2O10PS. The predicted molar refractivity (Wildman–Crippen MR) is 53.4 cm³/mol. The molecule has 5 N–H and O–H groups in total. The molecular weight excluding hydrogens is 299 g/mol. The number of phosphoric acid groups is 1. The highest BCUT2D eigenvalue weighted by molar-refractivity contribution is 7.96. The molecule has 0 aliphatic heterocycles. The second-order valence-electron chi connectivity index (χ2n) is 1.57. The molecule has 0 unspecified atom stereocenters. The topological polar surface area (TPSA) is 211 Å². The molecule has 0 atom stereocenters. The average Bonchev–Trinajstić information content (AvgIpc) is 2.17. The number of nitrogens with zero attached hydrogens (tertiary/aromatic N) is 2. The maximum absolute atomic E-state index is 9.18. The summed E-state index contributed by atoms with van der Waals surface area (Å²) in [6.45, 7) is 0. The Labute approximate surface area is 102 Å². The van der Waals surface area contributed by atoms with Gasteiger partial charge in [-0.2, -0.15) is 0 Å². The van der Waals surface area contributed by atoms with Crippen molar-refractivity contribution in [1.29, 1.82) is 0 Å². The minimum Gasteiger partial charge on any atom is -0.473 e. The molecule has 0 aliphatic carbocycles. The first-order chi connectivity index (χ1) is 8.06. The van der Waals surface area contributed by atoms with Gasteiger partial charge in [0.1, 0.15) is 12.1 Å². The van der Waals surface area contributed by atoms with E-state index in [4.69, 9.17) is 39.0 Å². The van der Waals surface area contributed by atoms with Crippen LogP contribution in [-0.4, -0.2) is 49.0 Å². The summed E-state index contributed by atoms with van der Waals surface area (Å²) in [6, 6.07) is 0. The SMILES string of the molecule is O=C(O)C(=O)O.O=C=NSN=C=O.O=P(O)(O)O. The second kappa shape index (κ2) is 13.2. The van der Waals surface area contributed by atoms with E-state index in [-0.39, 0.29) is 0 Å². The number of rotatable bonds is 2. The van der Waals surface area contributed by atoms with E-state index in [9.17, 15) is 9.59 Å². The van der Waals surface area contributed by atoms with E-state index in [0.717, 1.165) is 0 Å². The van der Waals surface area contributed by atoms with Crippen molar-refractivity contribution in [3.8, 4) is 0 Å². The minimum absolute atomic E-state index is 0.456. The van der Waals surface area contributed by atoms with Crippen LogP contribution in [0.25, 0.3) is 0 Å². The van der Waals surface area contributed by atoms with Gasteiger partial charge < -0.3 is 24.9 Å². The number of hydrogen-bond donors (Lipinski definition) is 5. The molecule has 0 heterocycles. The lowest BCUT2D eigenvalue weighted by molar-refractivity contribution is -0.159. The van der Waals surface area contributed by atoms with Crippen molar-refractivity contribution in [2.24, 2.45) is 8.80 Å². The number of hydrogen-bond acceptors (Lipinski definition) is 8. The molecule has 0 bridgehead atoms. The van der Waals surface area contributed by atoms with Crippen molar-refractivity contribution in [1.82, 2.24) is 0 Å². The summed E-state index contributed by atoms with van der Waals surface area (Å²) in [5.74, 6) is -3.65. The molecule has 0 aromatic carbocycles.